The fourth-order valence-corrected chi connectivity index (χ4v) is 1.27. The van der Waals surface area contributed by atoms with E-state index in [-0.39, 0.29) is 5.56 Å². The van der Waals surface area contributed by atoms with Crippen molar-refractivity contribution in [3.8, 4) is 0 Å². The molecule has 0 aliphatic carbocycles. The highest BCUT2D eigenvalue weighted by Gasteiger charge is 2.29. The van der Waals surface area contributed by atoms with Gasteiger partial charge in [-0.1, -0.05) is 0 Å². The molecule has 1 aromatic heterocycles. The lowest BCUT2D eigenvalue weighted by Crippen LogP contribution is -2.50. The minimum atomic E-state index is -2.90. The topological polar surface area (TPSA) is 84.2 Å². The largest absolute Gasteiger partial charge is 0.393 e. The van der Waals surface area contributed by atoms with Crippen molar-refractivity contribution < 1.29 is 23.5 Å². The fraction of sp³-hybridized carbons (Fsp3) is 0.500. The van der Waals surface area contributed by atoms with Crippen molar-refractivity contribution in [2.75, 3.05) is 6.61 Å². The summed E-state index contributed by atoms with van der Waals surface area (Å²) in [6.45, 7) is 0.642. The fourth-order valence-electron chi connectivity index (χ4n) is 1.27. The summed E-state index contributed by atoms with van der Waals surface area (Å²) in [6, 6.07) is 0. The number of carbonyl (C=O) groups excluding carboxylic acids is 2. The van der Waals surface area contributed by atoms with E-state index in [0.717, 1.165) is 10.9 Å². The minimum absolute atomic E-state index is 0.325. The molecule has 1 atom stereocenters. The SMILES string of the molecule is Cn1cc(C(=O)N[C@@](C)(C=O)CO)c(C(F)F)n1. The molecule has 0 unspecified atom stereocenters. The van der Waals surface area contributed by atoms with Crippen LogP contribution in [0.2, 0.25) is 0 Å². The van der Waals surface area contributed by atoms with Crippen LogP contribution in [0.15, 0.2) is 6.20 Å². The Morgan fingerprint density at radius 3 is 2.78 bits per heavy atom. The quantitative estimate of drug-likeness (QED) is 0.733. The maximum absolute atomic E-state index is 12.6. The molecule has 100 valence electrons. The summed E-state index contributed by atoms with van der Waals surface area (Å²) in [5.74, 6) is -0.887. The van der Waals surface area contributed by atoms with Crippen LogP contribution >= 0.6 is 0 Å². The second-order valence-corrected chi connectivity index (χ2v) is 4.05. The normalized spacial score (nSPS) is 14.3. The second-order valence-electron chi connectivity index (χ2n) is 4.05. The van der Waals surface area contributed by atoms with Gasteiger partial charge in [0.05, 0.1) is 12.2 Å². The van der Waals surface area contributed by atoms with E-state index in [9.17, 15) is 18.4 Å². The van der Waals surface area contributed by atoms with Crippen LogP contribution in [0.1, 0.15) is 29.4 Å². The average Bonchev–Trinajstić information content (AvgIpc) is 2.71. The van der Waals surface area contributed by atoms with Gasteiger partial charge < -0.3 is 15.2 Å². The van der Waals surface area contributed by atoms with Crippen LogP contribution in [0, 0.1) is 0 Å². The van der Waals surface area contributed by atoms with Gasteiger partial charge in [-0.15, -0.1) is 0 Å². The molecular formula is C10H13F2N3O3. The van der Waals surface area contributed by atoms with E-state index in [1.54, 1.807) is 0 Å². The second kappa shape index (κ2) is 5.21. The first-order valence-electron chi connectivity index (χ1n) is 5.04. The monoisotopic (exact) mass is 261 g/mol. The Hall–Kier alpha value is -1.83. The van der Waals surface area contributed by atoms with Crippen LogP contribution < -0.4 is 5.32 Å². The van der Waals surface area contributed by atoms with Gasteiger partial charge in [0, 0.05) is 13.2 Å². The number of aliphatic hydroxyl groups excluding tert-OH is 1. The first kappa shape index (κ1) is 14.2. The van der Waals surface area contributed by atoms with Crippen molar-refractivity contribution in [2.24, 2.45) is 7.05 Å². The number of halogens is 2. The van der Waals surface area contributed by atoms with Crippen molar-refractivity contribution in [1.82, 2.24) is 15.1 Å². The van der Waals surface area contributed by atoms with Gasteiger partial charge in [-0.3, -0.25) is 9.48 Å². The summed E-state index contributed by atoms with van der Waals surface area (Å²) in [5, 5.41) is 14.6. The number of aryl methyl sites for hydroxylation is 1. The van der Waals surface area contributed by atoms with Gasteiger partial charge >= 0.3 is 0 Å². The smallest absolute Gasteiger partial charge is 0.282 e. The number of alkyl halides is 2. The molecule has 0 aromatic carbocycles. The Balaban J connectivity index is 3.01. The molecule has 18 heavy (non-hydrogen) atoms. The van der Waals surface area contributed by atoms with Crippen LogP contribution in [0.25, 0.3) is 0 Å². The van der Waals surface area contributed by atoms with Gasteiger partial charge in [-0.25, -0.2) is 8.78 Å². The summed E-state index contributed by atoms with van der Waals surface area (Å²) < 4.78 is 26.3. The van der Waals surface area contributed by atoms with Crippen LogP contribution in [-0.2, 0) is 11.8 Å². The number of hydrogen-bond acceptors (Lipinski definition) is 4. The predicted molar refractivity (Wildman–Crippen MR) is 57.2 cm³/mol. The lowest BCUT2D eigenvalue weighted by atomic mass is 10.1. The van der Waals surface area contributed by atoms with Crippen LogP contribution in [0.5, 0.6) is 0 Å². The highest BCUT2D eigenvalue weighted by Crippen LogP contribution is 2.21. The molecule has 0 fully saturated rings. The van der Waals surface area contributed by atoms with Gasteiger partial charge in [0.1, 0.15) is 17.5 Å². The van der Waals surface area contributed by atoms with E-state index in [1.807, 2.05) is 0 Å². The van der Waals surface area contributed by atoms with Gasteiger partial charge in [0.15, 0.2) is 0 Å². The van der Waals surface area contributed by atoms with E-state index < -0.39 is 30.2 Å². The molecule has 1 aromatic rings. The minimum Gasteiger partial charge on any atom is -0.393 e. The number of rotatable bonds is 5. The number of aldehydes is 1. The van der Waals surface area contributed by atoms with E-state index in [2.05, 4.69) is 10.4 Å². The summed E-state index contributed by atoms with van der Waals surface area (Å²) in [4.78, 5) is 22.5. The highest BCUT2D eigenvalue weighted by atomic mass is 19.3. The molecule has 0 saturated carbocycles. The standard InChI is InChI=1S/C10H13F2N3O3/c1-10(4-16,5-17)13-9(18)6-3-15(2)14-7(6)8(11)12/h3-4,8,17H,5H2,1-2H3,(H,13,18)/t10-/m0/s1. The zero-order valence-corrected chi connectivity index (χ0v) is 9.85. The Morgan fingerprint density at radius 2 is 2.33 bits per heavy atom. The molecule has 1 amide bonds. The van der Waals surface area contributed by atoms with Crippen molar-refractivity contribution in [3.63, 3.8) is 0 Å². The van der Waals surface area contributed by atoms with E-state index in [0.29, 0.717) is 6.29 Å². The van der Waals surface area contributed by atoms with Gasteiger partial charge in [0.25, 0.3) is 12.3 Å². The Bertz CT molecular complexity index is 461. The average molecular weight is 261 g/mol. The third-order valence-electron chi connectivity index (χ3n) is 2.30. The molecule has 0 saturated heterocycles. The van der Waals surface area contributed by atoms with Crippen LogP contribution in [0.3, 0.4) is 0 Å². The number of amides is 1. The van der Waals surface area contributed by atoms with Crippen molar-refractivity contribution in [2.45, 2.75) is 18.9 Å². The van der Waals surface area contributed by atoms with Crippen LogP contribution in [-0.4, -0.2) is 39.2 Å². The third-order valence-corrected chi connectivity index (χ3v) is 2.30. The molecule has 2 N–H and O–H groups in total. The molecule has 1 rings (SSSR count). The third kappa shape index (κ3) is 2.89. The maximum atomic E-state index is 12.6. The summed E-state index contributed by atoms with van der Waals surface area (Å²) >= 11 is 0. The Labute approximate surface area is 102 Å². The molecule has 0 radical (unpaired) electrons. The number of nitrogens with one attached hydrogen (secondary N) is 1. The first-order valence-corrected chi connectivity index (χ1v) is 5.04. The molecule has 0 spiro atoms. The number of nitrogens with zero attached hydrogens (tertiary/aromatic N) is 2. The number of aliphatic hydroxyl groups is 1. The predicted octanol–water partition coefficient (Wildman–Crippen LogP) is 0.0374. The highest BCUT2D eigenvalue weighted by molar-refractivity contribution is 5.97. The molecule has 8 heteroatoms. The lowest BCUT2D eigenvalue weighted by molar-refractivity contribution is -0.113. The van der Waals surface area contributed by atoms with Gasteiger partial charge in [-0.2, -0.15) is 5.10 Å². The zero-order valence-electron chi connectivity index (χ0n) is 9.85. The molecular weight excluding hydrogens is 248 g/mol. The van der Waals surface area contributed by atoms with E-state index in [4.69, 9.17) is 5.11 Å². The molecule has 0 aliphatic heterocycles. The number of hydrogen-bond donors (Lipinski definition) is 2. The Kier molecular flexibility index (Phi) is 4.12. The van der Waals surface area contributed by atoms with Crippen LogP contribution in [0.4, 0.5) is 8.78 Å². The summed E-state index contributed by atoms with van der Waals surface area (Å²) in [6.07, 6.45) is -1.44. The number of aromatic nitrogens is 2. The van der Waals surface area contributed by atoms with E-state index >= 15 is 0 Å². The molecule has 0 bridgehead atoms. The first-order chi connectivity index (χ1) is 8.33. The number of carbonyl (C=O) groups is 2. The molecule has 6 nitrogen and oxygen atoms in total. The summed E-state index contributed by atoms with van der Waals surface area (Å²) in [7, 11) is 1.40. The Morgan fingerprint density at radius 1 is 1.72 bits per heavy atom. The van der Waals surface area contributed by atoms with Gasteiger partial charge in [-0.05, 0) is 6.92 Å². The van der Waals surface area contributed by atoms with Crippen molar-refractivity contribution >= 4 is 12.2 Å². The van der Waals surface area contributed by atoms with Gasteiger partial charge in [0.2, 0.25) is 0 Å². The molecule has 0 aliphatic rings. The van der Waals surface area contributed by atoms with Crippen molar-refractivity contribution in [1.29, 1.82) is 0 Å². The summed E-state index contributed by atoms with van der Waals surface area (Å²) in [5.41, 5.74) is -2.50. The van der Waals surface area contributed by atoms with E-state index in [1.165, 1.54) is 14.0 Å². The van der Waals surface area contributed by atoms with Crippen molar-refractivity contribution in [3.05, 3.63) is 17.5 Å². The molecule has 1 heterocycles. The zero-order chi connectivity index (χ0) is 13.9. The maximum Gasteiger partial charge on any atom is 0.282 e. The lowest BCUT2D eigenvalue weighted by Gasteiger charge is -2.21.